The Balaban J connectivity index is 1.74. The third kappa shape index (κ3) is 3.33. The standard InChI is InChI=1S/C17H20F2N4O2/c1-10(2)25-14-7-5-4-6-13(14)17(18,19)16(24)23-8-12(9-23)15-20-11(3)21-22-15/h4-7,10,12H,8-9H2,1-3H3,(H,20,21,22). The van der Waals surface area contributed by atoms with Crippen LogP contribution >= 0.6 is 0 Å². The average Bonchev–Trinajstić information content (AvgIpc) is 2.91. The molecule has 0 unspecified atom stereocenters. The van der Waals surface area contributed by atoms with E-state index < -0.39 is 17.4 Å². The van der Waals surface area contributed by atoms with Crippen molar-refractivity contribution in [3.63, 3.8) is 0 Å². The fourth-order valence-corrected chi connectivity index (χ4v) is 2.75. The topological polar surface area (TPSA) is 71.1 Å². The van der Waals surface area contributed by atoms with Gasteiger partial charge in [0.05, 0.1) is 17.6 Å². The van der Waals surface area contributed by atoms with Crippen molar-refractivity contribution in [1.82, 2.24) is 20.1 Å². The van der Waals surface area contributed by atoms with Crippen LogP contribution in [-0.2, 0) is 10.7 Å². The number of amides is 1. The first-order valence-electron chi connectivity index (χ1n) is 8.11. The van der Waals surface area contributed by atoms with Crippen molar-refractivity contribution in [2.24, 2.45) is 0 Å². The van der Waals surface area contributed by atoms with E-state index in [0.717, 1.165) is 4.90 Å². The summed E-state index contributed by atoms with van der Waals surface area (Å²) in [5, 5.41) is 6.73. The minimum absolute atomic E-state index is 0.0255. The lowest BCUT2D eigenvalue weighted by Gasteiger charge is -2.39. The first kappa shape index (κ1) is 17.3. The molecule has 25 heavy (non-hydrogen) atoms. The lowest BCUT2D eigenvalue weighted by atomic mass is 9.96. The summed E-state index contributed by atoms with van der Waals surface area (Å²) >= 11 is 0. The molecule has 1 fully saturated rings. The monoisotopic (exact) mass is 350 g/mol. The summed E-state index contributed by atoms with van der Waals surface area (Å²) in [6.45, 7) is 5.61. The number of alkyl halides is 2. The Morgan fingerprint density at radius 3 is 2.64 bits per heavy atom. The Kier molecular flexibility index (Phi) is 4.45. The summed E-state index contributed by atoms with van der Waals surface area (Å²) in [5.74, 6) is -3.76. The van der Waals surface area contributed by atoms with Crippen LogP contribution < -0.4 is 4.74 Å². The Labute approximate surface area is 144 Å². The molecule has 1 aromatic heterocycles. The van der Waals surface area contributed by atoms with E-state index in [2.05, 4.69) is 15.2 Å². The number of aryl methyl sites for hydroxylation is 1. The number of hydrogen-bond acceptors (Lipinski definition) is 4. The van der Waals surface area contributed by atoms with Crippen LogP contribution in [0.4, 0.5) is 8.78 Å². The molecule has 134 valence electrons. The van der Waals surface area contributed by atoms with Gasteiger partial charge in [0.1, 0.15) is 11.6 Å². The zero-order valence-electron chi connectivity index (χ0n) is 14.3. The molecular weight excluding hydrogens is 330 g/mol. The second-order valence-corrected chi connectivity index (χ2v) is 6.42. The highest BCUT2D eigenvalue weighted by Gasteiger charge is 2.49. The molecular formula is C17H20F2N4O2. The van der Waals surface area contributed by atoms with Gasteiger partial charge in [-0.05, 0) is 32.9 Å². The molecule has 0 spiro atoms. The number of aromatic nitrogens is 3. The Bertz CT molecular complexity index is 770. The molecule has 2 aromatic rings. The molecule has 0 aliphatic carbocycles. The van der Waals surface area contributed by atoms with E-state index in [1.165, 1.54) is 18.2 Å². The Morgan fingerprint density at radius 2 is 2.04 bits per heavy atom. The predicted molar refractivity (Wildman–Crippen MR) is 86.5 cm³/mol. The molecule has 8 heteroatoms. The molecule has 0 radical (unpaired) electrons. The molecule has 1 saturated heterocycles. The van der Waals surface area contributed by atoms with E-state index >= 15 is 0 Å². The van der Waals surface area contributed by atoms with Crippen LogP contribution in [0.25, 0.3) is 0 Å². The van der Waals surface area contributed by atoms with Gasteiger partial charge in [-0.3, -0.25) is 9.89 Å². The van der Waals surface area contributed by atoms with Crippen molar-refractivity contribution in [3.8, 4) is 5.75 Å². The Hall–Kier alpha value is -2.51. The van der Waals surface area contributed by atoms with Gasteiger partial charge in [-0.1, -0.05) is 12.1 Å². The SMILES string of the molecule is Cc1nc(C2CN(C(=O)C(F)(F)c3ccccc3OC(C)C)C2)n[nH]1. The van der Waals surface area contributed by atoms with Crippen LogP contribution in [-0.4, -0.2) is 45.2 Å². The normalized spacial score (nSPS) is 15.4. The summed E-state index contributed by atoms with van der Waals surface area (Å²) in [5.41, 5.74) is -0.411. The zero-order chi connectivity index (χ0) is 18.2. The number of likely N-dealkylation sites (tertiary alicyclic amines) is 1. The first-order chi connectivity index (χ1) is 11.8. The predicted octanol–water partition coefficient (Wildman–Crippen LogP) is 2.62. The van der Waals surface area contributed by atoms with Crippen molar-refractivity contribution in [1.29, 1.82) is 0 Å². The maximum Gasteiger partial charge on any atom is 0.353 e. The summed E-state index contributed by atoms with van der Waals surface area (Å²) in [7, 11) is 0. The van der Waals surface area contributed by atoms with Gasteiger partial charge in [0.15, 0.2) is 5.82 Å². The molecule has 0 saturated carbocycles. The number of rotatable bonds is 5. The van der Waals surface area contributed by atoms with Crippen molar-refractivity contribution in [2.75, 3.05) is 13.1 Å². The number of carbonyl (C=O) groups excluding carboxylic acids is 1. The van der Waals surface area contributed by atoms with Crippen LogP contribution in [0.3, 0.4) is 0 Å². The molecule has 3 rings (SSSR count). The van der Waals surface area contributed by atoms with Crippen molar-refractivity contribution >= 4 is 5.91 Å². The van der Waals surface area contributed by atoms with Crippen molar-refractivity contribution in [3.05, 3.63) is 41.5 Å². The second kappa shape index (κ2) is 6.42. The molecule has 1 N–H and O–H groups in total. The lowest BCUT2D eigenvalue weighted by Crippen LogP contribution is -2.53. The van der Waals surface area contributed by atoms with Gasteiger partial charge in [0.2, 0.25) is 0 Å². The number of nitrogens with one attached hydrogen (secondary N) is 1. The van der Waals surface area contributed by atoms with Gasteiger partial charge >= 0.3 is 5.92 Å². The zero-order valence-corrected chi connectivity index (χ0v) is 14.3. The van der Waals surface area contributed by atoms with Gasteiger partial charge in [-0.25, -0.2) is 4.98 Å². The molecule has 1 aliphatic heterocycles. The number of halogens is 2. The number of ether oxygens (including phenoxy) is 1. The van der Waals surface area contributed by atoms with E-state index in [9.17, 15) is 13.6 Å². The van der Waals surface area contributed by atoms with Crippen LogP contribution in [0, 0.1) is 6.92 Å². The summed E-state index contributed by atoms with van der Waals surface area (Å²) in [6, 6.07) is 5.75. The second-order valence-electron chi connectivity index (χ2n) is 6.42. The van der Waals surface area contributed by atoms with E-state index in [4.69, 9.17) is 4.74 Å². The van der Waals surface area contributed by atoms with Crippen LogP contribution in [0.2, 0.25) is 0 Å². The first-order valence-corrected chi connectivity index (χ1v) is 8.11. The average molecular weight is 350 g/mol. The van der Waals surface area contributed by atoms with Gasteiger partial charge in [0.25, 0.3) is 5.91 Å². The number of H-pyrrole nitrogens is 1. The maximum atomic E-state index is 14.8. The number of aromatic amines is 1. The van der Waals surface area contributed by atoms with Crippen molar-refractivity contribution < 1.29 is 18.3 Å². The lowest BCUT2D eigenvalue weighted by molar-refractivity contribution is -0.164. The highest BCUT2D eigenvalue weighted by atomic mass is 19.3. The van der Waals surface area contributed by atoms with E-state index in [-0.39, 0.29) is 30.9 Å². The minimum atomic E-state index is -3.65. The van der Waals surface area contributed by atoms with Gasteiger partial charge in [-0.2, -0.15) is 13.9 Å². The number of nitrogens with zero attached hydrogens (tertiary/aromatic N) is 3. The van der Waals surface area contributed by atoms with Crippen LogP contribution in [0.15, 0.2) is 24.3 Å². The maximum absolute atomic E-state index is 14.8. The van der Waals surface area contributed by atoms with Gasteiger partial charge in [-0.15, -0.1) is 0 Å². The molecule has 1 amide bonds. The molecule has 0 bridgehead atoms. The smallest absolute Gasteiger partial charge is 0.353 e. The van der Waals surface area contributed by atoms with Crippen LogP contribution in [0.1, 0.15) is 37.0 Å². The van der Waals surface area contributed by atoms with Gasteiger partial charge < -0.3 is 9.64 Å². The van der Waals surface area contributed by atoms with Gasteiger partial charge in [0, 0.05) is 13.1 Å². The summed E-state index contributed by atoms with van der Waals surface area (Å²) < 4.78 is 34.9. The largest absolute Gasteiger partial charge is 0.490 e. The number of carbonyl (C=O) groups is 1. The molecule has 2 heterocycles. The number of hydrogen-bond donors (Lipinski definition) is 1. The molecule has 6 nitrogen and oxygen atoms in total. The Morgan fingerprint density at radius 1 is 1.36 bits per heavy atom. The van der Waals surface area contributed by atoms with Crippen molar-refractivity contribution in [2.45, 2.75) is 38.7 Å². The quantitative estimate of drug-likeness (QED) is 0.900. The summed E-state index contributed by atoms with van der Waals surface area (Å²) in [4.78, 5) is 17.6. The fourth-order valence-electron chi connectivity index (χ4n) is 2.75. The molecule has 0 atom stereocenters. The van der Waals surface area contributed by atoms with E-state index in [1.807, 2.05) is 0 Å². The molecule has 1 aliphatic rings. The van der Waals surface area contributed by atoms with E-state index in [0.29, 0.717) is 11.6 Å². The highest BCUT2D eigenvalue weighted by Crippen LogP contribution is 2.39. The third-order valence-electron chi connectivity index (χ3n) is 4.01. The number of benzene rings is 1. The van der Waals surface area contributed by atoms with E-state index in [1.54, 1.807) is 26.8 Å². The molecule has 1 aromatic carbocycles. The third-order valence-corrected chi connectivity index (χ3v) is 4.01. The number of para-hydroxylation sites is 1. The minimum Gasteiger partial charge on any atom is -0.490 e. The fraction of sp³-hybridized carbons (Fsp3) is 0.471. The summed E-state index contributed by atoms with van der Waals surface area (Å²) in [6.07, 6.45) is -0.269. The highest BCUT2D eigenvalue weighted by molar-refractivity contribution is 5.86. The van der Waals surface area contributed by atoms with Crippen LogP contribution in [0.5, 0.6) is 5.75 Å².